The lowest BCUT2D eigenvalue weighted by atomic mass is 10.1. The van der Waals surface area contributed by atoms with Crippen LogP contribution >= 0.6 is 0 Å². The molecule has 6 nitrogen and oxygen atoms in total. The number of aromatic amines is 1. The molecule has 4 aromatic heterocycles. The van der Waals surface area contributed by atoms with Crippen molar-refractivity contribution < 1.29 is 0 Å². The molecule has 6 heteroatoms. The number of anilines is 1. The summed E-state index contributed by atoms with van der Waals surface area (Å²) in [5, 5.41) is 4.73. The van der Waals surface area contributed by atoms with E-state index in [-0.39, 0.29) is 0 Å². The zero-order valence-corrected chi connectivity index (χ0v) is 16.3. The molecule has 0 fully saturated rings. The molecule has 0 aliphatic carbocycles. The van der Waals surface area contributed by atoms with E-state index >= 15 is 0 Å². The van der Waals surface area contributed by atoms with Crippen LogP contribution in [0.25, 0.3) is 33.5 Å². The maximum Gasteiger partial charge on any atom is 0.162 e. The van der Waals surface area contributed by atoms with Crippen molar-refractivity contribution in [1.29, 1.82) is 0 Å². The zero-order valence-electron chi connectivity index (χ0n) is 16.3. The second kappa shape index (κ2) is 8.13. The van der Waals surface area contributed by atoms with Crippen LogP contribution in [0.1, 0.15) is 5.56 Å². The first-order valence-electron chi connectivity index (χ1n) is 9.85. The molecule has 0 saturated carbocycles. The van der Waals surface area contributed by atoms with Crippen LogP contribution in [0.15, 0.2) is 85.6 Å². The molecule has 0 spiro atoms. The van der Waals surface area contributed by atoms with Gasteiger partial charge >= 0.3 is 0 Å². The van der Waals surface area contributed by atoms with Gasteiger partial charge in [0.05, 0.1) is 5.69 Å². The SMILES string of the molecule is c1cncc(-c2cc(NCCc3c[nH]c4ccccc34)nc(-c3ccncc3)n2)c1. The third-order valence-corrected chi connectivity index (χ3v) is 5.00. The minimum atomic E-state index is 0.661. The highest BCUT2D eigenvalue weighted by atomic mass is 15.0. The minimum Gasteiger partial charge on any atom is -0.370 e. The summed E-state index contributed by atoms with van der Waals surface area (Å²) < 4.78 is 0. The molecule has 1 aromatic carbocycles. The normalized spacial score (nSPS) is 10.9. The number of hydrogen-bond donors (Lipinski definition) is 2. The molecule has 146 valence electrons. The average Bonchev–Trinajstić information content (AvgIpc) is 3.23. The highest BCUT2D eigenvalue weighted by Crippen LogP contribution is 2.24. The molecular formula is C24H20N6. The second-order valence-corrected chi connectivity index (χ2v) is 6.98. The van der Waals surface area contributed by atoms with Crippen molar-refractivity contribution in [2.45, 2.75) is 6.42 Å². The lowest BCUT2D eigenvalue weighted by Gasteiger charge is -2.10. The summed E-state index contributed by atoms with van der Waals surface area (Å²) in [4.78, 5) is 21.1. The number of rotatable bonds is 6. The third kappa shape index (κ3) is 3.75. The lowest BCUT2D eigenvalue weighted by molar-refractivity contribution is 1.01. The van der Waals surface area contributed by atoms with Gasteiger partial charge in [0.2, 0.25) is 0 Å². The van der Waals surface area contributed by atoms with Crippen molar-refractivity contribution in [3.8, 4) is 22.6 Å². The number of aromatic nitrogens is 5. The summed E-state index contributed by atoms with van der Waals surface area (Å²) in [6.07, 6.45) is 10.0. The second-order valence-electron chi connectivity index (χ2n) is 6.98. The molecule has 0 atom stereocenters. The highest BCUT2D eigenvalue weighted by molar-refractivity contribution is 5.83. The third-order valence-electron chi connectivity index (χ3n) is 5.00. The Bertz CT molecular complexity index is 1210. The van der Waals surface area contributed by atoms with Crippen molar-refractivity contribution in [1.82, 2.24) is 24.9 Å². The summed E-state index contributed by atoms with van der Waals surface area (Å²) >= 11 is 0. The molecule has 4 heterocycles. The van der Waals surface area contributed by atoms with Gasteiger partial charge in [0.1, 0.15) is 5.82 Å². The van der Waals surface area contributed by atoms with Crippen LogP contribution in [-0.2, 0) is 6.42 Å². The van der Waals surface area contributed by atoms with Gasteiger partial charge in [-0.05, 0) is 42.3 Å². The molecular weight excluding hydrogens is 372 g/mol. The summed E-state index contributed by atoms with van der Waals surface area (Å²) in [6, 6.07) is 18.1. The van der Waals surface area contributed by atoms with Crippen LogP contribution in [0.3, 0.4) is 0 Å². The van der Waals surface area contributed by atoms with Gasteiger partial charge in [0.15, 0.2) is 5.82 Å². The number of benzene rings is 1. The van der Waals surface area contributed by atoms with E-state index in [1.807, 2.05) is 42.6 Å². The highest BCUT2D eigenvalue weighted by Gasteiger charge is 2.09. The molecule has 0 aliphatic rings. The maximum absolute atomic E-state index is 4.75. The Hall–Kier alpha value is -4.06. The summed E-state index contributed by atoms with van der Waals surface area (Å²) in [5.41, 5.74) is 5.16. The zero-order chi connectivity index (χ0) is 20.2. The number of H-pyrrole nitrogens is 1. The first-order valence-corrected chi connectivity index (χ1v) is 9.85. The van der Waals surface area contributed by atoms with Crippen LogP contribution in [0.2, 0.25) is 0 Å². The first kappa shape index (κ1) is 18.0. The molecule has 0 aliphatic heterocycles. The minimum absolute atomic E-state index is 0.661. The van der Waals surface area contributed by atoms with Gasteiger partial charge in [-0.25, -0.2) is 9.97 Å². The predicted molar refractivity (Wildman–Crippen MR) is 119 cm³/mol. The number of pyridine rings is 2. The van der Waals surface area contributed by atoms with Gasteiger partial charge in [0.25, 0.3) is 0 Å². The molecule has 0 saturated heterocycles. The fourth-order valence-corrected chi connectivity index (χ4v) is 3.49. The average molecular weight is 392 g/mol. The summed E-state index contributed by atoms with van der Waals surface area (Å²) in [6.45, 7) is 0.765. The van der Waals surface area contributed by atoms with Gasteiger partial charge in [-0.15, -0.1) is 0 Å². The van der Waals surface area contributed by atoms with E-state index in [9.17, 15) is 0 Å². The lowest BCUT2D eigenvalue weighted by Crippen LogP contribution is -2.07. The van der Waals surface area contributed by atoms with Crippen LogP contribution in [0.5, 0.6) is 0 Å². The van der Waals surface area contributed by atoms with Gasteiger partial charge in [0, 0.05) is 65.6 Å². The van der Waals surface area contributed by atoms with Crippen LogP contribution in [0, 0.1) is 0 Å². The topological polar surface area (TPSA) is 79.4 Å². The summed E-state index contributed by atoms with van der Waals surface area (Å²) in [5.74, 6) is 1.45. The van der Waals surface area contributed by atoms with Crippen molar-refractivity contribution in [3.63, 3.8) is 0 Å². The largest absolute Gasteiger partial charge is 0.370 e. The van der Waals surface area contributed by atoms with E-state index in [2.05, 4.69) is 44.7 Å². The number of para-hydroxylation sites is 1. The number of nitrogens with one attached hydrogen (secondary N) is 2. The Kier molecular flexibility index (Phi) is 4.88. The maximum atomic E-state index is 4.75. The molecule has 30 heavy (non-hydrogen) atoms. The van der Waals surface area contributed by atoms with E-state index in [0.717, 1.165) is 41.1 Å². The molecule has 5 aromatic rings. The van der Waals surface area contributed by atoms with E-state index in [4.69, 9.17) is 9.97 Å². The first-order chi connectivity index (χ1) is 14.9. The van der Waals surface area contributed by atoms with Crippen molar-refractivity contribution in [3.05, 3.63) is 91.1 Å². The Balaban J connectivity index is 1.42. The molecule has 0 radical (unpaired) electrons. The van der Waals surface area contributed by atoms with Gasteiger partial charge in [-0.3, -0.25) is 9.97 Å². The van der Waals surface area contributed by atoms with Crippen molar-refractivity contribution >= 4 is 16.7 Å². The Morgan fingerprint density at radius 3 is 2.60 bits per heavy atom. The van der Waals surface area contributed by atoms with E-state index in [0.29, 0.717) is 5.82 Å². The Morgan fingerprint density at radius 2 is 1.73 bits per heavy atom. The smallest absolute Gasteiger partial charge is 0.162 e. The Morgan fingerprint density at radius 1 is 0.833 bits per heavy atom. The van der Waals surface area contributed by atoms with Gasteiger partial charge in [-0.1, -0.05) is 18.2 Å². The monoisotopic (exact) mass is 392 g/mol. The fourth-order valence-electron chi connectivity index (χ4n) is 3.49. The Labute approximate surface area is 174 Å². The molecule has 0 amide bonds. The number of nitrogens with zero attached hydrogens (tertiary/aromatic N) is 4. The van der Waals surface area contributed by atoms with E-state index in [1.54, 1.807) is 18.6 Å². The molecule has 2 N–H and O–H groups in total. The van der Waals surface area contributed by atoms with Crippen LogP contribution < -0.4 is 5.32 Å². The molecule has 0 bridgehead atoms. The number of fused-ring (bicyclic) bond motifs is 1. The standard InChI is InChI=1S/C24H20N6/c1-2-6-21-20(5-1)18(16-28-21)9-13-27-23-14-22(19-4-3-10-26-15-19)29-24(30-23)17-7-11-25-12-8-17/h1-8,10-12,14-16,28H,9,13H2,(H,27,29,30). The van der Waals surface area contributed by atoms with Gasteiger partial charge in [-0.2, -0.15) is 0 Å². The fraction of sp³-hybridized carbons (Fsp3) is 0.0833. The predicted octanol–water partition coefficient (Wildman–Crippen LogP) is 4.74. The van der Waals surface area contributed by atoms with E-state index < -0.39 is 0 Å². The molecule has 0 unspecified atom stereocenters. The van der Waals surface area contributed by atoms with Crippen molar-refractivity contribution in [2.75, 3.05) is 11.9 Å². The molecule has 5 rings (SSSR count). The van der Waals surface area contributed by atoms with Crippen LogP contribution in [0.4, 0.5) is 5.82 Å². The van der Waals surface area contributed by atoms with E-state index in [1.165, 1.54) is 10.9 Å². The summed E-state index contributed by atoms with van der Waals surface area (Å²) in [7, 11) is 0. The number of hydrogen-bond acceptors (Lipinski definition) is 5. The quantitative estimate of drug-likeness (QED) is 0.436. The van der Waals surface area contributed by atoms with Crippen molar-refractivity contribution in [2.24, 2.45) is 0 Å². The van der Waals surface area contributed by atoms with Crippen LogP contribution in [-0.4, -0.2) is 31.5 Å². The van der Waals surface area contributed by atoms with Gasteiger partial charge < -0.3 is 10.3 Å².